The number of hydrogen-bond donors (Lipinski definition) is 1. The minimum atomic E-state index is 0.602. The molecule has 0 atom stereocenters. The van der Waals surface area contributed by atoms with Crippen molar-refractivity contribution in [3.63, 3.8) is 0 Å². The van der Waals surface area contributed by atoms with Gasteiger partial charge in [-0.05, 0) is 36.8 Å². The van der Waals surface area contributed by atoms with Crippen LogP contribution in [-0.4, -0.2) is 13.1 Å². The Morgan fingerprint density at radius 2 is 2.00 bits per heavy atom. The Kier molecular flexibility index (Phi) is 1.28. The highest BCUT2D eigenvalue weighted by Gasteiger charge is 2.48. The van der Waals surface area contributed by atoms with E-state index in [1.165, 1.54) is 32.2 Å². The van der Waals surface area contributed by atoms with Crippen LogP contribution >= 0.6 is 0 Å². The highest BCUT2D eigenvalue weighted by atomic mass is 14.9. The zero-order valence-electron chi connectivity index (χ0n) is 7.40. The van der Waals surface area contributed by atoms with Crippen LogP contribution in [0, 0.1) is 5.41 Å². The Labute approximate surface area is 73.5 Å². The lowest BCUT2D eigenvalue weighted by atomic mass is 9.82. The van der Waals surface area contributed by atoms with Gasteiger partial charge in [-0.2, -0.15) is 0 Å². The van der Waals surface area contributed by atoms with Crippen molar-refractivity contribution in [1.82, 2.24) is 5.32 Å². The fourth-order valence-electron chi connectivity index (χ4n) is 2.58. The number of hydrogen-bond acceptors (Lipinski definition) is 1. The van der Waals surface area contributed by atoms with E-state index in [2.05, 4.69) is 17.5 Å². The maximum Gasteiger partial charge on any atom is 0.0205 e. The molecule has 1 aliphatic heterocycles. The summed E-state index contributed by atoms with van der Waals surface area (Å²) in [6, 6.07) is 0. The van der Waals surface area contributed by atoms with Crippen molar-refractivity contribution in [1.29, 1.82) is 0 Å². The van der Waals surface area contributed by atoms with Crippen LogP contribution in [0.4, 0.5) is 0 Å². The maximum absolute atomic E-state index is 3.53. The third-order valence-corrected chi connectivity index (χ3v) is 3.46. The summed E-state index contributed by atoms with van der Waals surface area (Å²) in [5, 5.41) is 3.53. The van der Waals surface area contributed by atoms with Crippen molar-refractivity contribution in [3.05, 3.63) is 23.3 Å². The highest BCUT2D eigenvalue weighted by molar-refractivity contribution is 5.45. The Hall–Kier alpha value is -0.560. The van der Waals surface area contributed by atoms with Gasteiger partial charge in [0.2, 0.25) is 0 Å². The average molecular weight is 161 g/mol. The molecule has 0 unspecified atom stereocenters. The number of fused-ring (bicyclic) bond motifs is 2. The molecule has 1 heterocycles. The standard InChI is InChI=1S/C11H15N/c1-2-4-10-9(3-1)7-12-8-11(10)5-6-11/h3-4,12H,1-2,5-8H2. The van der Waals surface area contributed by atoms with E-state index in [-0.39, 0.29) is 0 Å². The summed E-state index contributed by atoms with van der Waals surface area (Å²) in [7, 11) is 0. The average Bonchev–Trinajstić information content (AvgIpc) is 2.87. The van der Waals surface area contributed by atoms with E-state index in [9.17, 15) is 0 Å². The molecule has 2 aliphatic carbocycles. The van der Waals surface area contributed by atoms with Gasteiger partial charge in [-0.25, -0.2) is 0 Å². The molecule has 0 aromatic heterocycles. The molecular weight excluding hydrogens is 146 g/mol. The van der Waals surface area contributed by atoms with Crippen molar-refractivity contribution in [2.24, 2.45) is 5.41 Å². The van der Waals surface area contributed by atoms with Gasteiger partial charge in [0.15, 0.2) is 0 Å². The van der Waals surface area contributed by atoms with Crippen molar-refractivity contribution in [2.45, 2.75) is 25.7 Å². The van der Waals surface area contributed by atoms with Gasteiger partial charge in [-0.15, -0.1) is 0 Å². The van der Waals surface area contributed by atoms with E-state index < -0.39 is 0 Å². The molecule has 1 nitrogen and oxygen atoms in total. The zero-order chi connectivity index (χ0) is 8.02. The van der Waals surface area contributed by atoms with Crippen molar-refractivity contribution in [2.75, 3.05) is 13.1 Å². The van der Waals surface area contributed by atoms with E-state index in [1.54, 1.807) is 11.1 Å². The second-order valence-corrected chi connectivity index (χ2v) is 4.31. The highest BCUT2D eigenvalue weighted by Crippen LogP contribution is 2.55. The Bertz CT molecular complexity index is 269. The summed E-state index contributed by atoms with van der Waals surface area (Å²) in [4.78, 5) is 0. The first-order valence-electron chi connectivity index (χ1n) is 5.02. The second-order valence-electron chi connectivity index (χ2n) is 4.31. The molecule has 0 aromatic rings. The minimum Gasteiger partial charge on any atom is -0.312 e. The predicted molar refractivity (Wildman–Crippen MR) is 49.9 cm³/mol. The Morgan fingerprint density at radius 1 is 1.17 bits per heavy atom. The lowest BCUT2D eigenvalue weighted by molar-refractivity contribution is 0.498. The van der Waals surface area contributed by atoms with Crippen LogP contribution in [0.5, 0.6) is 0 Å². The number of allylic oxidation sites excluding steroid dienone is 2. The first-order valence-corrected chi connectivity index (χ1v) is 5.02. The van der Waals surface area contributed by atoms with E-state index in [1.807, 2.05) is 0 Å². The number of piperidine rings is 1. The summed E-state index contributed by atoms with van der Waals surface area (Å²) in [5.74, 6) is 0. The number of rotatable bonds is 0. The van der Waals surface area contributed by atoms with Crippen molar-refractivity contribution >= 4 is 0 Å². The largest absolute Gasteiger partial charge is 0.312 e. The third kappa shape index (κ3) is 0.831. The van der Waals surface area contributed by atoms with E-state index in [0.717, 1.165) is 6.54 Å². The van der Waals surface area contributed by atoms with E-state index in [4.69, 9.17) is 0 Å². The van der Waals surface area contributed by atoms with E-state index >= 15 is 0 Å². The van der Waals surface area contributed by atoms with Gasteiger partial charge < -0.3 is 5.32 Å². The monoisotopic (exact) mass is 161 g/mol. The van der Waals surface area contributed by atoms with Crippen LogP contribution in [0.3, 0.4) is 0 Å². The van der Waals surface area contributed by atoms with Gasteiger partial charge in [-0.1, -0.05) is 12.2 Å². The van der Waals surface area contributed by atoms with Crippen LogP contribution in [0.2, 0.25) is 0 Å². The summed E-state index contributed by atoms with van der Waals surface area (Å²) in [5.41, 5.74) is 3.90. The van der Waals surface area contributed by atoms with Gasteiger partial charge in [0.1, 0.15) is 0 Å². The molecule has 0 amide bonds. The fourth-order valence-corrected chi connectivity index (χ4v) is 2.58. The van der Waals surface area contributed by atoms with Gasteiger partial charge in [-0.3, -0.25) is 0 Å². The van der Waals surface area contributed by atoms with Crippen molar-refractivity contribution in [3.8, 4) is 0 Å². The summed E-state index contributed by atoms with van der Waals surface area (Å²) >= 11 is 0. The molecule has 3 rings (SSSR count). The molecular formula is C11H15N. The zero-order valence-corrected chi connectivity index (χ0v) is 7.40. The molecule has 2 fully saturated rings. The molecule has 3 aliphatic rings. The topological polar surface area (TPSA) is 12.0 Å². The smallest absolute Gasteiger partial charge is 0.0205 e. The molecule has 1 saturated heterocycles. The van der Waals surface area contributed by atoms with E-state index in [0.29, 0.717) is 5.41 Å². The van der Waals surface area contributed by atoms with Gasteiger partial charge in [0.05, 0.1) is 0 Å². The third-order valence-electron chi connectivity index (χ3n) is 3.46. The summed E-state index contributed by atoms with van der Waals surface area (Å²) in [6.07, 6.45) is 10.3. The molecule has 1 heteroatoms. The summed E-state index contributed by atoms with van der Waals surface area (Å²) < 4.78 is 0. The molecule has 12 heavy (non-hydrogen) atoms. The molecule has 0 radical (unpaired) electrons. The van der Waals surface area contributed by atoms with Crippen LogP contribution in [0.1, 0.15) is 25.7 Å². The van der Waals surface area contributed by atoms with Crippen LogP contribution in [0.15, 0.2) is 23.3 Å². The molecule has 1 spiro atoms. The Morgan fingerprint density at radius 3 is 2.83 bits per heavy atom. The van der Waals surface area contributed by atoms with Crippen LogP contribution < -0.4 is 5.32 Å². The molecule has 0 aromatic carbocycles. The van der Waals surface area contributed by atoms with Crippen LogP contribution in [-0.2, 0) is 0 Å². The lowest BCUT2D eigenvalue weighted by Crippen LogP contribution is -2.35. The number of nitrogens with one attached hydrogen (secondary N) is 1. The van der Waals surface area contributed by atoms with Crippen molar-refractivity contribution < 1.29 is 0 Å². The molecule has 64 valence electrons. The molecule has 0 bridgehead atoms. The van der Waals surface area contributed by atoms with Gasteiger partial charge in [0, 0.05) is 18.5 Å². The first kappa shape index (κ1) is 6.90. The maximum atomic E-state index is 3.53. The predicted octanol–water partition coefficient (Wildman–Crippen LogP) is 2.02. The van der Waals surface area contributed by atoms with Crippen LogP contribution in [0.25, 0.3) is 0 Å². The molecule has 1 saturated carbocycles. The second kappa shape index (κ2) is 2.23. The van der Waals surface area contributed by atoms with Gasteiger partial charge in [0.25, 0.3) is 0 Å². The Balaban J connectivity index is 2.00. The fraction of sp³-hybridized carbons (Fsp3) is 0.636. The SMILES string of the molecule is C1=C2CNCC3(CC3)C2=CCC1. The minimum absolute atomic E-state index is 0.602. The quantitative estimate of drug-likeness (QED) is 0.573. The normalized spacial score (nSPS) is 30.7. The van der Waals surface area contributed by atoms with Gasteiger partial charge >= 0.3 is 0 Å². The lowest BCUT2D eigenvalue weighted by Gasteiger charge is -2.30. The first-order chi connectivity index (χ1) is 5.91. The summed E-state index contributed by atoms with van der Waals surface area (Å²) in [6.45, 7) is 2.35. The molecule has 1 N–H and O–H groups in total.